The third-order valence-electron chi connectivity index (χ3n) is 4.48. The fraction of sp³-hybridized carbons (Fsp3) is 0.273. The van der Waals surface area contributed by atoms with E-state index in [2.05, 4.69) is 29.9 Å². The molecule has 0 aliphatic heterocycles. The number of aliphatic hydroxyl groups excluding tert-OH is 1. The monoisotopic (exact) mass is 651 g/mol. The first-order chi connectivity index (χ1) is 18.2. The van der Waals surface area contributed by atoms with Crippen molar-refractivity contribution in [2.45, 2.75) is 20.3 Å². The number of nitrogens with zero attached hydrogens (tertiary/aromatic N) is 4. The molecule has 0 bridgehead atoms. The SMILES string of the molecule is CC(=NCCCN=C(C)c1nc2ccccc2[nH]1)c1nc2ccccc2[nH]1.CO.[Cu+2].[O-][Cl+3]([O-])([O-])[O-].[O-][Cl+3]([O-])([O-])[O-]. The topological polar surface area (TPSA) is 287 Å². The van der Waals surface area contributed by atoms with Crippen LogP contribution in [0.1, 0.15) is 31.9 Å². The van der Waals surface area contributed by atoms with Crippen LogP contribution in [0.25, 0.3) is 22.1 Å². The predicted octanol–water partition coefficient (Wildman–Crippen LogP) is -5.76. The number of aliphatic imine (C=N–C) groups is 2. The molecule has 0 saturated heterocycles. The third kappa shape index (κ3) is 15.9. The zero-order valence-electron chi connectivity index (χ0n) is 21.3. The molecule has 0 aliphatic rings. The Labute approximate surface area is 243 Å². The molecule has 1 radical (unpaired) electrons. The molecule has 223 valence electrons. The zero-order chi connectivity index (χ0) is 29.6. The second-order valence-electron chi connectivity index (χ2n) is 7.25. The van der Waals surface area contributed by atoms with E-state index >= 15 is 0 Å². The number of aliphatic hydroxyl groups is 1. The van der Waals surface area contributed by atoms with Crippen molar-refractivity contribution in [1.82, 2.24) is 19.9 Å². The molecule has 2 aromatic heterocycles. The van der Waals surface area contributed by atoms with E-state index in [1.807, 2.05) is 62.4 Å². The van der Waals surface area contributed by atoms with Crippen LogP contribution in [-0.4, -0.2) is 56.7 Å². The molecule has 0 spiro atoms. The fourth-order valence-corrected chi connectivity index (χ4v) is 2.96. The zero-order valence-corrected chi connectivity index (χ0v) is 23.8. The van der Waals surface area contributed by atoms with E-state index in [9.17, 15) is 0 Å². The Morgan fingerprint density at radius 3 is 1.27 bits per heavy atom. The van der Waals surface area contributed by atoms with Crippen LogP contribution < -0.4 is 37.3 Å². The van der Waals surface area contributed by atoms with E-state index in [1.54, 1.807) is 0 Å². The van der Waals surface area contributed by atoms with Crippen LogP contribution in [0.15, 0.2) is 58.5 Å². The van der Waals surface area contributed by atoms with Gasteiger partial charge < -0.3 is 15.1 Å². The van der Waals surface area contributed by atoms with Gasteiger partial charge >= 0.3 is 17.1 Å². The third-order valence-corrected chi connectivity index (χ3v) is 4.48. The second kappa shape index (κ2) is 18.0. The average Bonchev–Trinajstić information content (AvgIpc) is 3.47. The van der Waals surface area contributed by atoms with Gasteiger partial charge in [0, 0.05) is 20.2 Å². The molecular weight excluding hydrogens is 627 g/mol. The van der Waals surface area contributed by atoms with Gasteiger partial charge in [0.15, 0.2) is 11.6 Å². The van der Waals surface area contributed by atoms with Crippen molar-refractivity contribution in [3.8, 4) is 0 Å². The van der Waals surface area contributed by atoms with Crippen LogP contribution in [0.3, 0.4) is 0 Å². The number of imidazole rings is 2. The van der Waals surface area contributed by atoms with Gasteiger partial charge in [0.1, 0.15) is 0 Å². The van der Waals surface area contributed by atoms with Crippen LogP contribution >= 0.6 is 0 Å². The summed E-state index contributed by atoms with van der Waals surface area (Å²) in [5.41, 5.74) is 5.84. The molecule has 0 fully saturated rings. The van der Waals surface area contributed by atoms with E-state index in [0.29, 0.717) is 0 Å². The normalized spacial score (nSPS) is 11.9. The Hall–Kier alpha value is -2.54. The van der Waals surface area contributed by atoms with Crippen LogP contribution in [0.2, 0.25) is 0 Å². The Bertz CT molecular complexity index is 1170. The summed E-state index contributed by atoms with van der Waals surface area (Å²) in [6.07, 6.45) is 0.884. The largest absolute Gasteiger partial charge is 2.00 e. The number of hydrogen-bond donors (Lipinski definition) is 3. The Balaban J connectivity index is 0.000000999. The molecule has 4 aromatic rings. The Kier molecular flexibility index (Phi) is 16.9. The van der Waals surface area contributed by atoms with Gasteiger partial charge in [-0.3, -0.25) is 9.98 Å². The standard InChI is InChI=1S/C21H22N6.CH4O.2ClHO4.Cu/c1-14(20-24-16-8-3-4-9-17(16)25-20)22-12-7-13-23-15(2)21-26-18-10-5-6-11-19(18)27-21;1-2;2*2-1(3,4)5;/h3-6,8-11H,7,12-13H2,1-2H3,(H,24,25)(H,26,27);2H,1H3;2*(H,2,3,4,5);/q;;;;+2/p-2. The van der Waals surface area contributed by atoms with Crippen molar-refractivity contribution < 1.29 is 79.9 Å². The molecule has 15 nitrogen and oxygen atoms in total. The quantitative estimate of drug-likeness (QED) is 0.100. The maximum absolute atomic E-state index is 8.49. The van der Waals surface area contributed by atoms with Crippen molar-refractivity contribution in [1.29, 1.82) is 0 Å². The summed E-state index contributed by atoms with van der Waals surface area (Å²) in [5.74, 6) is 1.66. The summed E-state index contributed by atoms with van der Waals surface area (Å²) >= 11 is 0. The molecule has 18 heteroatoms. The van der Waals surface area contributed by atoms with E-state index < -0.39 is 20.5 Å². The van der Waals surface area contributed by atoms with E-state index in [-0.39, 0.29) is 17.1 Å². The smallest absolute Gasteiger partial charge is 0.400 e. The minimum Gasteiger partial charge on any atom is -0.400 e. The van der Waals surface area contributed by atoms with Gasteiger partial charge in [-0.15, -0.1) is 20.5 Å². The van der Waals surface area contributed by atoms with Crippen LogP contribution in [0, 0.1) is 20.5 Å². The van der Waals surface area contributed by atoms with Crippen LogP contribution in [0.5, 0.6) is 0 Å². The molecule has 0 atom stereocenters. The van der Waals surface area contributed by atoms with Crippen LogP contribution in [0.4, 0.5) is 0 Å². The average molecular weight is 653 g/mol. The van der Waals surface area contributed by atoms with Gasteiger partial charge in [0.25, 0.3) is 0 Å². The number of halogens is 2. The number of fused-ring (bicyclic) bond motifs is 2. The second-order valence-corrected chi connectivity index (χ2v) is 8.76. The molecule has 2 heterocycles. The van der Waals surface area contributed by atoms with Crippen LogP contribution in [-0.2, 0) is 17.1 Å². The summed E-state index contributed by atoms with van der Waals surface area (Å²) in [6.45, 7) is 5.42. The van der Waals surface area contributed by atoms with Crippen molar-refractivity contribution in [3.63, 3.8) is 0 Å². The maximum atomic E-state index is 8.49. The minimum absolute atomic E-state index is 0. The number of aromatic amines is 2. The Morgan fingerprint density at radius 1 is 0.675 bits per heavy atom. The number of nitrogens with one attached hydrogen (secondary N) is 2. The molecule has 2 aromatic carbocycles. The van der Waals surface area contributed by atoms with E-state index in [4.69, 9.17) is 42.4 Å². The number of benzene rings is 2. The van der Waals surface area contributed by atoms with Gasteiger partial charge in [-0.05, 0) is 44.5 Å². The first-order valence-corrected chi connectivity index (χ1v) is 13.3. The van der Waals surface area contributed by atoms with E-state index in [1.165, 1.54) is 0 Å². The molecule has 0 amide bonds. The van der Waals surface area contributed by atoms with Gasteiger partial charge in [0.05, 0.1) is 33.5 Å². The van der Waals surface area contributed by atoms with Gasteiger partial charge in [-0.2, -0.15) is 0 Å². The number of H-pyrrole nitrogens is 2. The van der Waals surface area contributed by atoms with Crippen molar-refractivity contribution >= 4 is 33.5 Å². The number of rotatable bonds is 6. The molecule has 4 rings (SSSR count). The summed E-state index contributed by atoms with van der Waals surface area (Å²) in [6, 6.07) is 16.0. The van der Waals surface area contributed by atoms with E-state index in [0.717, 1.165) is 71.8 Å². The molecule has 0 aliphatic carbocycles. The molecule has 0 unspecified atom stereocenters. The number of para-hydroxylation sites is 4. The van der Waals surface area contributed by atoms with Crippen molar-refractivity contribution in [2.24, 2.45) is 9.98 Å². The van der Waals surface area contributed by atoms with Gasteiger partial charge in [-0.1, -0.05) is 24.3 Å². The molecule has 3 N–H and O–H groups in total. The molecule has 0 saturated carbocycles. The summed E-state index contributed by atoms with van der Waals surface area (Å²) in [5, 5.41) is 7.00. The van der Waals surface area contributed by atoms with Crippen molar-refractivity contribution in [3.05, 3.63) is 60.2 Å². The van der Waals surface area contributed by atoms with Gasteiger partial charge in [0.2, 0.25) is 0 Å². The molecular formula is C22H26Cl2CuN6O9. The minimum atomic E-state index is -4.94. The molecule has 40 heavy (non-hydrogen) atoms. The van der Waals surface area contributed by atoms with Gasteiger partial charge in [-0.25, -0.2) is 47.2 Å². The number of hydrogen-bond acceptors (Lipinski definition) is 13. The first-order valence-electron chi connectivity index (χ1n) is 10.8. The number of aromatic nitrogens is 4. The summed E-state index contributed by atoms with van der Waals surface area (Å²) < 4.78 is 67.9. The summed E-state index contributed by atoms with van der Waals surface area (Å²) in [4.78, 5) is 25.0. The fourth-order valence-electron chi connectivity index (χ4n) is 2.96. The Morgan fingerprint density at radius 2 is 0.975 bits per heavy atom. The summed E-state index contributed by atoms with van der Waals surface area (Å²) in [7, 11) is -8.89. The maximum Gasteiger partial charge on any atom is 2.00 e. The first kappa shape index (κ1) is 37.5. The predicted molar refractivity (Wildman–Crippen MR) is 119 cm³/mol. The van der Waals surface area contributed by atoms with Crippen molar-refractivity contribution in [2.75, 3.05) is 20.2 Å².